The molecule has 0 aromatic rings. The number of hydrogen-bond acceptors (Lipinski definition) is 2. The Morgan fingerprint density at radius 2 is 2.00 bits per heavy atom. The van der Waals surface area contributed by atoms with E-state index in [1.165, 1.54) is 5.57 Å². The minimum absolute atomic E-state index is 0.191. The minimum Gasteiger partial charge on any atom is -0.481 e. The summed E-state index contributed by atoms with van der Waals surface area (Å²) in [6.07, 6.45) is 3.02. The molecule has 0 amide bonds. The van der Waals surface area contributed by atoms with Crippen molar-refractivity contribution in [1.29, 1.82) is 0 Å². The molecule has 0 aromatic heterocycles. The Labute approximate surface area is 79.1 Å². The van der Waals surface area contributed by atoms with Crippen LogP contribution >= 0.6 is 0 Å². The molecule has 0 saturated carbocycles. The van der Waals surface area contributed by atoms with Crippen molar-refractivity contribution in [2.24, 2.45) is 0 Å². The number of carboxylic acids is 1. The number of allylic oxidation sites excluding steroid dienone is 2. The summed E-state index contributed by atoms with van der Waals surface area (Å²) in [4.78, 5) is 10.3. The normalized spacial score (nSPS) is 14.8. The minimum atomic E-state index is -1.09. The van der Waals surface area contributed by atoms with Crippen molar-refractivity contribution in [2.45, 2.75) is 45.6 Å². The first-order chi connectivity index (χ1) is 5.83. The Bertz CT molecular complexity index is 200. The van der Waals surface area contributed by atoms with Gasteiger partial charge in [-0.3, -0.25) is 4.79 Å². The third kappa shape index (κ3) is 7.53. The molecule has 0 fully saturated rings. The van der Waals surface area contributed by atoms with Gasteiger partial charge >= 0.3 is 5.97 Å². The van der Waals surface area contributed by atoms with Gasteiger partial charge in [-0.25, -0.2) is 0 Å². The molecule has 3 heteroatoms. The van der Waals surface area contributed by atoms with Crippen LogP contribution in [-0.4, -0.2) is 21.8 Å². The molecule has 0 aliphatic heterocycles. The van der Waals surface area contributed by atoms with E-state index < -0.39 is 11.6 Å². The topological polar surface area (TPSA) is 57.5 Å². The SMILES string of the molecule is CC(C)=CCC[C@](C)(O)CC(=O)O. The smallest absolute Gasteiger partial charge is 0.306 e. The molecular weight excluding hydrogens is 168 g/mol. The third-order valence-corrected chi connectivity index (χ3v) is 1.77. The Kier molecular flexibility index (Phi) is 4.70. The molecular formula is C10H18O3. The van der Waals surface area contributed by atoms with Crippen LogP contribution in [-0.2, 0) is 4.79 Å². The average Bonchev–Trinajstić information content (AvgIpc) is 1.81. The Balaban J connectivity index is 3.89. The molecule has 0 radical (unpaired) electrons. The number of aliphatic carboxylic acids is 1. The number of carbonyl (C=O) groups is 1. The second-order valence-electron chi connectivity index (χ2n) is 3.89. The molecule has 0 aromatic carbocycles. The van der Waals surface area contributed by atoms with Gasteiger partial charge in [0.1, 0.15) is 0 Å². The highest BCUT2D eigenvalue weighted by Gasteiger charge is 2.22. The molecule has 2 N–H and O–H groups in total. The van der Waals surface area contributed by atoms with E-state index in [4.69, 9.17) is 5.11 Å². The number of rotatable bonds is 5. The van der Waals surface area contributed by atoms with Crippen LogP contribution in [0.15, 0.2) is 11.6 Å². The zero-order chi connectivity index (χ0) is 10.5. The summed E-state index contributed by atoms with van der Waals surface area (Å²) in [5, 5.41) is 18.1. The van der Waals surface area contributed by atoms with Gasteiger partial charge in [0.15, 0.2) is 0 Å². The Hall–Kier alpha value is -0.830. The van der Waals surface area contributed by atoms with E-state index in [0.717, 1.165) is 6.42 Å². The molecule has 0 rings (SSSR count). The van der Waals surface area contributed by atoms with Gasteiger partial charge < -0.3 is 10.2 Å². The molecule has 0 aliphatic rings. The lowest BCUT2D eigenvalue weighted by atomic mass is 9.96. The Morgan fingerprint density at radius 1 is 1.46 bits per heavy atom. The third-order valence-electron chi connectivity index (χ3n) is 1.77. The summed E-state index contributed by atoms with van der Waals surface area (Å²) in [6.45, 7) is 5.51. The fraction of sp³-hybridized carbons (Fsp3) is 0.700. The summed E-state index contributed by atoms with van der Waals surface area (Å²) in [5.41, 5.74) is 0.101. The lowest BCUT2D eigenvalue weighted by molar-refractivity contribution is -0.142. The number of carboxylic acid groups (broad SMARTS) is 1. The van der Waals surface area contributed by atoms with Crippen LogP contribution in [0.5, 0.6) is 0 Å². The predicted molar refractivity (Wildman–Crippen MR) is 51.5 cm³/mol. The highest BCUT2D eigenvalue weighted by molar-refractivity contribution is 5.67. The van der Waals surface area contributed by atoms with Gasteiger partial charge in [-0.15, -0.1) is 0 Å². The average molecular weight is 186 g/mol. The van der Waals surface area contributed by atoms with Crippen LogP contribution in [0.1, 0.15) is 40.0 Å². The van der Waals surface area contributed by atoms with Gasteiger partial charge in [0.25, 0.3) is 0 Å². The van der Waals surface area contributed by atoms with Gasteiger partial charge in [-0.05, 0) is 33.6 Å². The highest BCUT2D eigenvalue weighted by atomic mass is 16.4. The largest absolute Gasteiger partial charge is 0.481 e. The van der Waals surface area contributed by atoms with Crippen LogP contribution in [0.4, 0.5) is 0 Å². The fourth-order valence-electron chi connectivity index (χ4n) is 1.09. The number of hydrogen-bond donors (Lipinski definition) is 2. The highest BCUT2D eigenvalue weighted by Crippen LogP contribution is 2.17. The molecule has 0 bridgehead atoms. The Morgan fingerprint density at radius 3 is 2.38 bits per heavy atom. The van der Waals surface area contributed by atoms with Crippen LogP contribution in [0, 0.1) is 0 Å². The van der Waals surface area contributed by atoms with Crippen molar-refractivity contribution in [3.63, 3.8) is 0 Å². The van der Waals surface area contributed by atoms with E-state index in [2.05, 4.69) is 0 Å². The molecule has 0 unspecified atom stereocenters. The maximum atomic E-state index is 10.3. The van der Waals surface area contributed by atoms with Crippen LogP contribution in [0.3, 0.4) is 0 Å². The van der Waals surface area contributed by atoms with Gasteiger partial charge in [0, 0.05) is 0 Å². The van der Waals surface area contributed by atoms with Crippen molar-refractivity contribution < 1.29 is 15.0 Å². The summed E-state index contributed by atoms with van der Waals surface area (Å²) in [7, 11) is 0. The van der Waals surface area contributed by atoms with Crippen molar-refractivity contribution in [3.8, 4) is 0 Å². The van der Waals surface area contributed by atoms with Crippen LogP contribution in [0.25, 0.3) is 0 Å². The fourth-order valence-corrected chi connectivity index (χ4v) is 1.09. The molecule has 3 nitrogen and oxygen atoms in total. The van der Waals surface area contributed by atoms with Gasteiger partial charge in [0.05, 0.1) is 12.0 Å². The van der Waals surface area contributed by atoms with Crippen molar-refractivity contribution in [2.75, 3.05) is 0 Å². The zero-order valence-corrected chi connectivity index (χ0v) is 8.50. The maximum Gasteiger partial charge on any atom is 0.306 e. The van der Waals surface area contributed by atoms with E-state index in [0.29, 0.717) is 6.42 Å². The lowest BCUT2D eigenvalue weighted by Gasteiger charge is -2.19. The second kappa shape index (κ2) is 5.02. The van der Waals surface area contributed by atoms with Gasteiger partial charge in [-0.2, -0.15) is 0 Å². The zero-order valence-electron chi connectivity index (χ0n) is 8.50. The standard InChI is InChI=1S/C10H18O3/c1-8(2)5-4-6-10(3,13)7-9(11)12/h5,13H,4,6-7H2,1-3H3,(H,11,12)/t10-/m0/s1. The quantitative estimate of drug-likeness (QED) is 0.645. The molecule has 76 valence electrons. The van der Waals surface area contributed by atoms with Crippen molar-refractivity contribution >= 4 is 5.97 Å². The van der Waals surface area contributed by atoms with E-state index in [1.807, 2.05) is 19.9 Å². The first-order valence-electron chi connectivity index (χ1n) is 4.41. The van der Waals surface area contributed by atoms with Crippen molar-refractivity contribution in [1.82, 2.24) is 0 Å². The molecule has 0 spiro atoms. The van der Waals surface area contributed by atoms with E-state index in [9.17, 15) is 9.90 Å². The summed E-state index contributed by atoms with van der Waals surface area (Å²) >= 11 is 0. The van der Waals surface area contributed by atoms with E-state index in [-0.39, 0.29) is 6.42 Å². The van der Waals surface area contributed by atoms with Crippen molar-refractivity contribution in [3.05, 3.63) is 11.6 Å². The lowest BCUT2D eigenvalue weighted by Crippen LogP contribution is -2.27. The van der Waals surface area contributed by atoms with Gasteiger partial charge in [0.2, 0.25) is 0 Å². The summed E-state index contributed by atoms with van der Waals surface area (Å²) < 4.78 is 0. The van der Waals surface area contributed by atoms with Crippen LogP contribution < -0.4 is 0 Å². The van der Waals surface area contributed by atoms with E-state index >= 15 is 0 Å². The summed E-state index contributed by atoms with van der Waals surface area (Å²) in [5.74, 6) is -0.956. The number of aliphatic hydroxyl groups is 1. The summed E-state index contributed by atoms with van der Waals surface area (Å²) in [6, 6.07) is 0. The second-order valence-corrected chi connectivity index (χ2v) is 3.89. The first kappa shape index (κ1) is 12.2. The van der Waals surface area contributed by atoms with Gasteiger partial charge in [-0.1, -0.05) is 11.6 Å². The maximum absolute atomic E-state index is 10.3. The first-order valence-corrected chi connectivity index (χ1v) is 4.41. The molecule has 13 heavy (non-hydrogen) atoms. The molecule has 0 saturated heterocycles. The molecule has 1 atom stereocenters. The molecule has 0 heterocycles. The van der Waals surface area contributed by atoms with E-state index in [1.54, 1.807) is 6.92 Å². The monoisotopic (exact) mass is 186 g/mol. The van der Waals surface area contributed by atoms with Crippen LogP contribution in [0.2, 0.25) is 0 Å². The predicted octanol–water partition coefficient (Wildman–Crippen LogP) is 1.96. The molecule has 0 aliphatic carbocycles.